The molecule has 1 aliphatic rings. The SMILES string of the molecule is CCCCNC(=O)C1c2cc(OC)c(OC)cc2C(=O)N(C)C1c1cccnc1. The van der Waals surface area contributed by atoms with Gasteiger partial charge in [-0.3, -0.25) is 14.6 Å². The summed E-state index contributed by atoms with van der Waals surface area (Å²) in [5.74, 6) is 0.0546. The highest BCUT2D eigenvalue weighted by Crippen LogP contribution is 2.45. The molecule has 2 unspecified atom stereocenters. The molecule has 7 heteroatoms. The van der Waals surface area contributed by atoms with E-state index < -0.39 is 12.0 Å². The second-order valence-corrected chi connectivity index (χ2v) is 7.06. The Morgan fingerprint density at radius 1 is 1.24 bits per heavy atom. The predicted molar refractivity (Wildman–Crippen MR) is 109 cm³/mol. The van der Waals surface area contributed by atoms with Crippen LogP contribution in [0.2, 0.25) is 0 Å². The number of pyridine rings is 1. The molecule has 2 amide bonds. The van der Waals surface area contributed by atoms with Crippen LogP contribution in [0, 0.1) is 0 Å². The van der Waals surface area contributed by atoms with Gasteiger partial charge in [0.15, 0.2) is 11.5 Å². The van der Waals surface area contributed by atoms with Gasteiger partial charge in [0.05, 0.1) is 26.2 Å². The summed E-state index contributed by atoms with van der Waals surface area (Å²) in [6.07, 6.45) is 5.25. The van der Waals surface area contributed by atoms with Gasteiger partial charge in [-0.1, -0.05) is 19.4 Å². The Bertz CT molecular complexity index is 885. The Labute approximate surface area is 171 Å². The van der Waals surface area contributed by atoms with Crippen LogP contribution in [0.15, 0.2) is 36.7 Å². The van der Waals surface area contributed by atoms with Crippen molar-refractivity contribution >= 4 is 11.8 Å². The highest BCUT2D eigenvalue weighted by molar-refractivity contribution is 6.02. The summed E-state index contributed by atoms with van der Waals surface area (Å²) in [7, 11) is 4.77. The molecule has 0 fully saturated rings. The summed E-state index contributed by atoms with van der Waals surface area (Å²) >= 11 is 0. The predicted octanol–water partition coefficient (Wildman–Crippen LogP) is 2.93. The van der Waals surface area contributed by atoms with E-state index in [4.69, 9.17) is 9.47 Å². The first kappa shape index (κ1) is 20.6. The van der Waals surface area contributed by atoms with Gasteiger partial charge in [0.2, 0.25) is 5.91 Å². The zero-order chi connectivity index (χ0) is 21.0. The van der Waals surface area contributed by atoms with Gasteiger partial charge < -0.3 is 19.7 Å². The molecule has 29 heavy (non-hydrogen) atoms. The lowest BCUT2D eigenvalue weighted by Gasteiger charge is -2.39. The number of rotatable bonds is 7. The lowest BCUT2D eigenvalue weighted by molar-refractivity contribution is -0.124. The van der Waals surface area contributed by atoms with E-state index in [0.717, 1.165) is 18.4 Å². The average Bonchev–Trinajstić information content (AvgIpc) is 2.75. The monoisotopic (exact) mass is 397 g/mol. The van der Waals surface area contributed by atoms with Crippen molar-refractivity contribution in [2.45, 2.75) is 31.7 Å². The first-order valence-electron chi connectivity index (χ1n) is 9.74. The summed E-state index contributed by atoms with van der Waals surface area (Å²) in [5, 5.41) is 3.03. The maximum atomic E-state index is 13.3. The molecule has 1 aliphatic heterocycles. The number of fused-ring (bicyclic) bond motifs is 1. The minimum atomic E-state index is -0.589. The molecule has 2 atom stereocenters. The number of likely N-dealkylation sites (N-methyl/N-ethyl adjacent to an activating group) is 1. The number of nitrogens with one attached hydrogen (secondary N) is 1. The molecule has 1 aromatic heterocycles. The summed E-state index contributed by atoms with van der Waals surface area (Å²) in [6.45, 7) is 2.66. The van der Waals surface area contributed by atoms with Crippen LogP contribution in [0.4, 0.5) is 0 Å². The van der Waals surface area contributed by atoms with Crippen molar-refractivity contribution in [3.63, 3.8) is 0 Å². The largest absolute Gasteiger partial charge is 0.493 e. The topological polar surface area (TPSA) is 80.8 Å². The molecule has 2 heterocycles. The number of hydrogen-bond donors (Lipinski definition) is 1. The fourth-order valence-corrected chi connectivity index (χ4v) is 3.80. The molecule has 0 saturated heterocycles. The molecule has 0 spiro atoms. The lowest BCUT2D eigenvalue weighted by atomic mass is 9.79. The summed E-state index contributed by atoms with van der Waals surface area (Å²) in [5.41, 5.74) is 1.88. The second kappa shape index (κ2) is 8.94. The van der Waals surface area contributed by atoms with Crippen molar-refractivity contribution in [3.05, 3.63) is 53.3 Å². The molecular formula is C22H27N3O4. The summed E-state index contributed by atoms with van der Waals surface area (Å²) in [4.78, 5) is 32.3. The molecular weight excluding hydrogens is 370 g/mol. The molecule has 1 aromatic carbocycles. The van der Waals surface area contributed by atoms with Crippen molar-refractivity contribution in [1.29, 1.82) is 0 Å². The van der Waals surface area contributed by atoms with E-state index in [1.807, 2.05) is 12.1 Å². The van der Waals surface area contributed by atoms with E-state index in [2.05, 4.69) is 17.2 Å². The third kappa shape index (κ3) is 3.90. The normalized spacial score (nSPS) is 18.2. The third-order valence-electron chi connectivity index (χ3n) is 5.31. The number of nitrogens with zero attached hydrogens (tertiary/aromatic N) is 2. The van der Waals surface area contributed by atoms with Gasteiger partial charge >= 0.3 is 0 Å². The van der Waals surface area contributed by atoms with Crippen LogP contribution >= 0.6 is 0 Å². The Morgan fingerprint density at radius 2 is 1.97 bits per heavy atom. The van der Waals surface area contributed by atoms with Crippen LogP contribution in [-0.2, 0) is 4.79 Å². The fraction of sp³-hybridized carbons (Fsp3) is 0.409. The highest BCUT2D eigenvalue weighted by atomic mass is 16.5. The van der Waals surface area contributed by atoms with E-state index >= 15 is 0 Å². The van der Waals surface area contributed by atoms with E-state index in [9.17, 15) is 9.59 Å². The Balaban J connectivity index is 2.15. The van der Waals surface area contributed by atoms with E-state index in [1.54, 1.807) is 36.5 Å². The molecule has 0 bridgehead atoms. The second-order valence-electron chi connectivity index (χ2n) is 7.06. The molecule has 2 aromatic rings. The van der Waals surface area contributed by atoms with Gasteiger partial charge in [0, 0.05) is 31.5 Å². The quantitative estimate of drug-likeness (QED) is 0.727. The van der Waals surface area contributed by atoms with Crippen LogP contribution in [0.5, 0.6) is 11.5 Å². The van der Waals surface area contributed by atoms with Crippen LogP contribution in [0.1, 0.15) is 53.2 Å². The fourth-order valence-electron chi connectivity index (χ4n) is 3.80. The molecule has 154 valence electrons. The van der Waals surface area contributed by atoms with Gasteiger partial charge in [-0.05, 0) is 35.7 Å². The molecule has 0 radical (unpaired) electrons. The zero-order valence-corrected chi connectivity index (χ0v) is 17.3. The number of unbranched alkanes of at least 4 members (excludes halogenated alkanes) is 1. The van der Waals surface area contributed by atoms with E-state index in [-0.39, 0.29) is 11.8 Å². The smallest absolute Gasteiger partial charge is 0.254 e. The Kier molecular flexibility index (Phi) is 6.36. The van der Waals surface area contributed by atoms with Crippen LogP contribution in [0.25, 0.3) is 0 Å². The number of benzene rings is 1. The minimum Gasteiger partial charge on any atom is -0.493 e. The van der Waals surface area contributed by atoms with Crippen LogP contribution in [0.3, 0.4) is 0 Å². The van der Waals surface area contributed by atoms with Crippen molar-refractivity contribution in [1.82, 2.24) is 15.2 Å². The first-order chi connectivity index (χ1) is 14.0. The molecule has 0 aliphatic carbocycles. The molecule has 7 nitrogen and oxygen atoms in total. The number of carbonyl (C=O) groups is 2. The number of amides is 2. The zero-order valence-electron chi connectivity index (χ0n) is 17.3. The van der Waals surface area contributed by atoms with Crippen molar-refractivity contribution in [2.75, 3.05) is 27.8 Å². The van der Waals surface area contributed by atoms with Crippen molar-refractivity contribution < 1.29 is 19.1 Å². The molecule has 3 rings (SSSR count). The number of aromatic nitrogens is 1. The standard InChI is InChI=1S/C22H27N3O4/c1-5-6-10-24-21(26)19-15-11-17(28-3)18(29-4)12-16(15)22(27)25(2)20(19)14-8-7-9-23-13-14/h7-9,11-13,19-20H,5-6,10H2,1-4H3,(H,24,26). The Morgan fingerprint density at radius 3 is 2.59 bits per heavy atom. The number of ether oxygens (including phenoxy) is 2. The number of carbonyl (C=O) groups excluding carboxylic acids is 2. The average molecular weight is 397 g/mol. The number of hydrogen-bond acceptors (Lipinski definition) is 5. The van der Waals surface area contributed by atoms with Gasteiger partial charge in [-0.25, -0.2) is 0 Å². The lowest BCUT2D eigenvalue weighted by Crippen LogP contribution is -2.45. The number of methoxy groups -OCH3 is 2. The van der Waals surface area contributed by atoms with Gasteiger partial charge in [-0.2, -0.15) is 0 Å². The van der Waals surface area contributed by atoms with Gasteiger partial charge in [0.25, 0.3) is 5.91 Å². The highest BCUT2D eigenvalue weighted by Gasteiger charge is 2.43. The van der Waals surface area contributed by atoms with Gasteiger partial charge in [-0.15, -0.1) is 0 Å². The Hall–Kier alpha value is -3.09. The van der Waals surface area contributed by atoms with Crippen LogP contribution in [-0.4, -0.2) is 49.5 Å². The molecule has 0 saturated carbocycles. The minimum absolute atomic E-state index is 0.125. The van der Waals surface area contributed by atoms with Crippen molar-refractivity contribution in [3.8, 4) is 11.5 Å². The third-order valence-corrected chi connectivity index (χ3v) is 5.31. The summed E-state index contributed by atoms with van der Waals surface area (Å²) in [6, 6.07) is 6.62. The maximum Gasteiger partial charge on any atom is 0.254 e. The summed E-state index contributed by atoms with van der Waals surface area (Å²) < 4.78 is 10.8. The molecule has 1 N–H and O–H groups in total. The first-order valence-corrected chi connectivity index (χ1v) is 9.74. The van der Waals surface area contributed by atoms with Gasteiger partial charge in [0.1, 0.15) is 0 Å². The van der Waals surface area contributed by atoms with Crippen molar-refractivity contribution in [2.24, 2.45) is 0 Å². The van der Waals surface area contributed by atoms with E-state index in [0.29, 0.717) is 29.2 Å². The maximum absolute atomic E-state index is 13.3. The van der Waals surface area contributed by atoms with E-state index in [1.165, 1.54) is 14.2 Å². The van der Waals surface area contributed by atoms with Crippen LogP contribution < -0.4 is 14.8 Å².